The molecular weight excluding hydrogens is 326 g/mol. The quantitative estimate of drug-likeness (QED) is 0.392. The van der Waals surface area contributed by atoms with Gasteiger partial charge in [-0.1, -0.05) is 57.7 Å². The smallest absolute Gasteiger partial charge is 0.242 e. The van der Waals surface area contributed by atoms with Gasteiger partial charge in [0.2, 0.25) is 5.91 Å². The van der Waals surface area contributed by atoms with Crippen LogP contribution >= 0.6 is 0 Å². The Hall–Kier alpha value is -1.85. The lowest BCUT2D eigenvalue weighted by atomic mass is 10.0. The van der Waals surface area contributed by atoms with E-state index in [2.05, 4.69) is 24.3 Å². The zero-order valence-corrected chi connectivity index (χ0v) is 16.1. The fraction of sp³-hybridized carbons (Fsp3) is 0.571. The minimum absolute atomic E-state index is 0.00927. The number of amides is 1. The molecule has 2 aromatic rings. The third kappa shape index (κ3) is 5.58. The molecule has 0 aliphatic carbocycles. The predicted octanol–water partition coefficient (Wildman–Crippen LogP) is 4.27. The van der Waals surface area contributed by atoms with E-state index in [4.69, 9.17) is 0 Å². The number of para-hydroxylation sites is 1. The van der Waals surface area contributed by atoms with Gasteiger partial charge in [0.25, 0.3) is 0 Å². The van der Waals surface area contributed by atoms with E-state index in [9.17, 15) is 10.0 Å². The lowest BCUT2D eigenvalue weighted by molar-refractivity contribution is -0.136. The zero-order valence-electron chi connectivity index (χ0n) is 16.1. The molecule has 0 fully saturated rings. The molecule has 3 N–H and O–H groups in total. The first-order valence-corrected chi connectivity index (χ1v) is 9.94. The molecule has 0 saturated carbocycles. The second-order valence-corrected chi connectivity index (χ2v) is 6.98. The predicted molar refractivity (Wildman–Crippen MR) is 106 cm³/mol. The van der Waals surface area contributed by atoms with Gasteiger partial charge in [-0.15, -0.1) is 0 Å². The molecule has 0 aliphatic heterocycles. The van der Waals surface area contributed by atoms with Gasteiger partial charge in [-0.2, -0.15) is 5.48 Å². The number of hydrogen-bond donors (Lipinski definition) is 3. The van der Waals surface area contributed by atoms with E-state index < -0.39 is 6.04 Å². The van der Waals surface area contributed by atoms with Crippen molar-refractivity contribution < 1.29 is 10.0 Å². The molecule has 1 atom stereocenters. The Bertz CT molecular complexity index is 658. The average molecular weight is 360 g/mol. The minimum atomic E-state index is -0.613. The summed E-state index contributed by atoms with van der Waals surface area (Å²) in [6.07, 6.45) is 8.94. The van der Waals surface area contributed by atoms with Crippen LogP contribution in [0.3, 0.4) is 0 Å². The number of fused-ring (bicyclic) bond motifs is 1. The van der Waals surface area contributed by atoms with Crippen molar-refractivity contribution in [2.75, 3.05) is 13.1 Å². The number of nitrogens with zero attached hydrogens (tertiary/aromatic N) is 1. The zero-order chi connectivity index (χ0) is 18.8. The number of benzene rings is 1. The summed E-state index contributed by atoms with van der Waals surface area (Å²) in [6, 6.07) is 7.42. The summed E-state index contributed by atoms with van der Waals surface area (Å²) in [5.74, 6) is -0.00927. The standard InChI is InChI=1S/C21H33N3O2/c1-3-5-9-13-24(14-10-6-4-2)21(25)20(23-26)15-17-16-22-19-12-8-7-11-18(17)19/h7-8,11-12,16,20,22-23,26H,3-6,9-10,13-15H2,1-2H3/t20-/m0/s1. The number of aromatic amines is 1. The van der Waals surface area contributed by atoms with Crippen molar-refractivity contribution in [1.82, 2.24) is 15.4 Å². The SMILES string of the molecule is CCCCCN(CCCCC)C(=O)[C@H](Cc1c[nH]c2ccccc12)NO. The Morgan fingerprint density at radius 2 is 1.77 bits per heavy atom. The maximum Gasteiger partial charge on any atom is 0.242 e. The normalized spacial score (nSPS) is 12.4. The number of hydroxylamine groups is 1. The topological polar surface area (TPSA) is 68.4 Å². The summed E-state index contributed by atoms with van der Waals surface area (Å²) >= 11 is 0. The highest BCUT2D eigenvalue weighted by atomic mass is 16.5. The molecule has 0 unspecified atom stereocenters. The van der Waals surface area contributed by atoms with Crippen LogP contribution in [0.5, 0.6) is 0 Å². The van der Waals surface area contributed by atoms with Crippen LogP contribution in [0.1, 0.15) is 57.9 Å². The third-order valence-electron chi connectivity index (χ3n) is 4.93. The Morgan fingerprint density at radius 1 is 1.12 bits per heavy atom. The Morgan fingerprint density at radius 3 is 2.38 bits per heavy atom. The highest BCUT2D eigenvalue weighted by Crippen LogP contribution is 2.19. The Kier molecular flexibility index (Phi) is 8.65. The summed E-state index contributed by atoms with van der Waals surface area (Å²) in [4.78, 5) is 18.2. The number of hydrogen-bond acceptors (Lipinski definition) is 3. The highest BCUT2D eigenvalue weighted by Gasteiger charge is 2.24. The highest BCUT2D eigenvalue weighted by molar-refractivity contribution is 5.86. The number of nitrogens with one attached hydrogen (secondary N) is 2. The van der Waals surface area contributed by atoms with Crippen LogP contribution in [0.2, 0.25) is 0 Å². The van der Waals surface area contributed by atoms with E-state index in [1.807, 2.05) is 35.4 Å². The van der Waals surface area contributed by atoms with Gasteiger partial charge in [0.15, 0.2) is 0 Å². The number of carbonyl (C=O) groups is 1. The van der Waals surface area contributed by atoms with E-state index >= 15 is 0 Å². The van der Waals surface area contributed by atoms with Gasteiger partial charge in [0.1, 0.15) is 6.04 Å². The van der Waals surface area contributed by atoms with Crippen LogP contribution in [0.15, 0.2) is 30.5 Å². The van der Waals surface area contributed by atoms with Crippen LogP contribution in [-0.2, 0) is 11.2 Å². The molecule has 1 aromatic carbocycles. The first-order valence-electron chi connectivity index (χ1n) is 9.94. The van der Waals surface area contributed by atoms with Crippen molar-refractivity contribution in [3.8, 4) is 0 Å². The molecule has 0 aliphatic rings. The third-order valence-corrected chi connectivity index (χ3v) is 4.93. The number of carbonyl (C=O) groups excluding carboxylic acids is 1. The molecule has 0 bridgehead atoms. The number of H-pyrrole nitrogens is 1. The molecule has 1 amide bonds. The first kappa shape index (κ1) is 20.5. The van der Waals surface area contributed by atoms with Crippen molar-refractivity contribution in [3.63, 3.8) is 0 Å². The molecule has 0 spiro atoms. The van der Waals surface area contributed by atoms with Crippen LogP contribution in [-0.4, -0.2) is 40.1 Å². The van der Waals surface area contributed by atoms with Crippen molar-refractivity contribution in [2.24, 2.45) is 0 Å². The van der Waals surface area contributed by atoms with Crippen LogP contribution in [0.25, 0.3) is 10.9 Å². The Labute approximate surface area is 156 Å². The molecule has 144 valence electrons. The lowest BCUT2D eigenvalue weighted by Crippen LogP contribution is -2.47. The summed E-state index contributed by atoms with van der Waals surface area (Å²) in [5.41, 5.74) is 4.36. The summed E-state index contributed by atoms with van der Waals surface area (Å²) in [6.45, 7) is 5.86. The fourth-order valence-corrected chi connectivity index (χ4v) is 3.37. The molecule has 1 aromatic heterocycles. The summed E-state index contributed by atoms with van der Waals surface area (Å²) < 4.78 is 0. The van der Waals surface area contributed by atoms with Gasteiger partial charge >= 0.3 is 0 Å². The van der Waals surface area contributed by atoms with E-state index in [0.29, 0.717) is 6.42 Å². The van der Waals surface area contributed by atoms with Crippen molar-refractivity contribution >= 4 is 16.8 Å². The molecule has 1 heterocycles. The van der Waals surface area contributed by atoms with Gasteiger partial charge < -0.3 is 15.1 Å². The fourth-order valence-electron chi connectivity index (χ4n) is 3.37. The minimum Gasteiger partial charge on any atom is -0.361 e. The molecule has 0 saturated heterocycles. The number of unbranched alkanes of at least 4 members (excludes halogenated alkanes) is 4. The van der Waals surface area contributed by atoms with Gasteiger partial charge in [0.05, 0.1) is 0 Å². The van der Waals surface area contributed by atoms with Gasteiger partial charge in [0, 0.05) is 36.6 Å². The lowest BCUT2D eigenvalue weighted by Gasteiger charge is -2.27. The van der Waals surface area contributed by atoms with Crippen molar-refractivity contribution in [2.45, 2.75) is 64.8 Å². The molecular formula is C21H33N3O2. The van der Waals surface area contributed by atoms with E-state index in [1.165, 1.54) is 0 Å². The maximum atomic E-state index is 13.0. The maximum absolute atomic E-state index is 13.0. The molecule has 0 radical (unpaired) electrons. The number of aromatic nitrogens is 1. The monoisotopic (exact) mass is 359 g/mol. The van der Waals surface area contributed by atoms with Crippen LogP contribution < -0.4 is 5.48 Å². The van der Waals surface area contributed by atoms with Crippen molar-refractivity contribution in [1.29, 1.82) is 0 Å². The first-order chi connectivity index (χ1) is 12.7. The molecule has 5 heteroatoms. The van der Waals surface area contributed by atoms with Crippen LogP contribution in [0.4, 0.5) is 0 Å². The van der Waals surface area contributed by atoms with Gasteiger partial charge in [-0.05, 0) is 24.5 Å². The van der Waals surface area contributed by atoms with Gasteiger partial charge in [-0.3, -0.25) is 4.79 Å². The number of rotatable bonds is 12. The average Bonchev–Trinajstić information content (AvgIpc) is 3.07. The van der Waals surface area contributed by atoms with Crippen molar-refractivity contribution in [3.05, 3.63) is 36.0 Å². The Balaban J connectivity index is 2.06. The molecule has 26 heavy (non-hydrogen) atoms. The summed E-state index contributed by atoms with van der Waals surface area (Å²) in [7, 11) is 0. The second kappa shape index (κ2) is 11.0. The summed E-state index contributed by atoms with van der Waals surface area (Å²) in [5, 5.41) is 10.8. The van der Waals surface area contributed by atoms with E-state index in [0.717, 1.165) is 68.1 Å². The second-order valence-electron chi connectivity index (χ2n) is 6.98. The van der Waals surface area contributed by atoms with Crippen LogP contribution in [0, 0.1) is 0 Å². The molecule has 2 rings (SSSR count). The largest absolute Gasteiger partial charge is 0.361 e. The van der Waals surface area contributed by atoms with E-state index in [-0.39, 0.29) is 5.91 Å². The van der Waals surface area contributed by atoms with E-state index in [1.54, 1.807) is 0 Å². The molecule has 5 nitrogen and oxygen atoms in total. The van der Waals surface area contributed by atoms with Gasteiger partial charge in [-0.25, -0.2) is 0 Å².